The van der Waals surface area contributed by atoms with Gasteiger partial charge in [-0.1, -0.05) is 11.6 Å². The monoisotopic (exact) mass is 369 g/mol. The molecule has 1 aliphatic rings. The number of rotatable bonds is 4. The van der Waals surface area contributed by atoms with E-state index in [1.54, 1.807) is 35.2 Å². The summed E-state index contributed by atoms with van der Waals surface area (Å²) in [5, 5.41) is 12.4. The minimum atomic E-state index is -0.212. The Bertz CT molecular complexity index is 821. The molecule has 0 aromatic heterocycles. The van der Waals surface area contributed by atoms with Crippen LogP contribution in [0.1, 0.15) is 22.8 Å². The third kappa shape index (κ3) is 4.16. The maximum Gasteiger partial charge on any atom is 0.255 e. The van der Waals surface area contributed by atoms with E-state index in [-0.39, 0.29) is 5.91 Å². The summed E-state index contributed by atoms with van der Waals surface area (Å²) in [5.41, 5.74) is 2.75. The van der Waals surface area contributed by atoms with Crippen LogP contribution in [0.3, 0.4) is 0 Å². The summed E-state index contributed by atoms with van der Waals surface area (Å²) in [6.45, 7) is 7.41. The molecular weight excluding hydrogens is 348 g/mol. The number of carbonyl (C=O) groups excluding carboxylic acids is 1. The van der Waals surface area contributed by atoms with Crippen LogP contribution in [-0.4, -0.2) is 38.6 Å². The third-order valence-corrected chi connectivity index (χ3v) is 5.03. The summed E-state index contributed by atoms with van der Waals surface area (Å²) in [6, 6.07) is 14.2. The number of nitriles is 1. The first-order chi connectivity index (χ1) is 12.6. The molecule has 1 fully saturated rings. The van der Waals surface area contributed by atoms with Crippen molar-refractivity contribution in [2.45, 2.75) is 6.92 Å². The quantitative estimate of drug-likeness (QED) is 0.868. The van der Waals surface area contributed by atoms with E-state index in [0.29, 0.717) is 21.8 Å². The highest BCUT2D eigenvalue weighted by atomic mass is 35.5. The minimum absolute atomic E-state index is 0.212. The fraction of sp³-hybridized carbons (Fsp3) is 0.300. The number of nitrogens with one attached hydrogen (secondary N) is 2. The van der Waals surface area contributed by atoms with Crippen molar-refractivity contribution >= 4 is 28.9 Å². The molecule has 1 amide bonds. The van der Waals surface area contributed by atoms with E-state index in [0.717, 1.165) is 38.4 Å². The van der Waals surface area contributed by atoms with Crippen molar-refractivity contribution in [1.82, 2.24) is 0 Å². The van der Waals surface area contributed by atoms with Crippen LogP contribution in [0.4, 0.5) is 11.4 Å². The lowest BCUT2D eigenvalue weighted by molar-refractivity contribution is -0.898. The maximum absolute atomic E-state index is 12.6. The zero-order chi connectivity index (χ0) is 18.5. The van der Waals surface area contributed by atoms with Gasteiger partial charge in [0, 0.05) is 10.6 Å². The Morgan fingerprint density at radius 3 is 2.54 bits per heavy atom. The van der Waals surface area contributed by atoms with Gasteiger partial charge in [0.1, 0.15) is 0 Å². The van der Waals surface area contributed by atoms with Gasteiger partial charge >= 0.3 is 0 Å². The second-order valence-corrected chi connectivity index (χ2v) is 6.83. The van der Waals surface area contributed by atoms with Crippen molar-refractivity contribution in [3.63, 3.8) is 0 Å². The lowest BCUT2D eigenvalue weighted by Gasteiger charge is -2.34. The van der Waals surface area contributed by atoms with Gasteiger partial charge in [0.2, 0.25) is 0 Å². The standard InChI is InChI=1S/C20H21ClN4O/c1-2-24-9-11-25(12-10-24)19-8-7-17(21)13-18(19)23-20(26)16-5-3-15(14-22)4-6-16/h3-8,13H,2,9-12H2,1H3,(H,23,26)/p+1. The van der Waals surface area contributed by atoms with Gasteiger partial charge in [-0.2, -0.15) is 5.26 Å². The van der Waals surface area contributed by atoms with E-state index in [2.05, 4.69) is 23.2 Å². The number of carbonyl (C=O) groups is 1. The SMILES string of the molecule is CC[NH+]1CCN(c2ccc(Cl)cc2NC(=O)c2ccc(C#N)cc2)CC1. The van der Waals surface area contributed by atoms with Crippen molar-refractivity contribution in [3.05, 3.63) is 58.6 Å². The number of benzene rings is 2. The smallest absolute Gasteiger partial charge is 0.255 e. The second-order valence-electron chi connectivity index (χ2n) is 6.40. The molecule has 1 heterocycles. The molecule has 5 nitrogen and oxygen atoms in total. The van der Waals surface area contributed by atoms with Crippen LogP contribution in [-0.2, 0) is 0 Å². The Kier molecular flexibility index (Phi) is 5.77. The predicted octanol–water partition coefficient (Wildman–Crippen LogP) is 2.19. The van der Waals surface area contributed by atoms with E-state index in [4.69, 9.17) is 16.9 Å². The van der Waals surface area contributed by atoms with Gasteiger partial charge in [-0.05, 0) is 49.4 Å². The number of halogens is 1. The second kappa shape index (κ2) is 8.22. The van der Waals surface area contributed by atoms with Crippen molar-refractivity contribution in [3.8, 4) is 6.07 Å². The summed E-state index contributed by atoms with van der Waals surface area (Å²) >= 11 is 6.16. The number of piperazine rings is 1. The molecule has 2 aromatic rings. The zero-order valence-electron chi connectivity index (χ0n) is 14.8. The van der Waals surface area contributed by atoms with E-state index in [1.807, 2.05) is 12.1 Å². The van der Waals surface area contributed by atoms with Gasteiger partial charge in [-0.3, -0.25) is 4.79 Å². The minimum Gasteiger partial charge on any atom is -0.359 e. The lowest BCUT2D eigenvalue weighted by Crippen LogP contribution is -3.14. The average Bonchev–Trinajstić information content (AvgIpc) is 2.68. The van der Waals surface area contributed by atoms with Crippen LogP contribution in [0.25, 0.3) is 0 Å². The first-order valence-electron chi connectivity index (χ1n) is 8.80. The molecule has 0 unspecified atom stereocenters. The number of likely N-dealkylation sites (N-methyl/N-ethyl adjacent to an activating group) is 1. The molecule has 26 heavy (non-hydrogen) atoms. The number of hydrogen-bond acceptors (Lipinski definition) is 3. The molecule has 0 atom stereocenters. The van der Waals surface area contributed by atoms with Crippen LogP contribution >= 0.6 is 11.6 Å². The van der Waals surface area contributed by atoms with E-state index >= 15 is 0 Å². The Labute approximate surface area is 158 Å². The van der Waals surface area contributed by atoms with Gasteiger partial charge < -0.3 is 15.1 Å². The number of anilines is 2. The first kappa shape index (κ1) is 18.2. The van der Waals surface area contributed by atoms with Crippen LogP contribution < -0.4 is 15.1 Å². The van der Waals surface area contributed by atoms with Gasteiger partial charge in [-0.25, -0.2) is 0 Å². The summed E-state index contributed by atoms with van der Waals surface area (Å²) in [5.74, 6) is -0.212. The number of hydrogen-bond donors (Lipinski definition) is 2. The van der Waals surface area contributed by atoms with Gasteiger partial charge in [0.15, 0.2) is 0 Å². The van der Waals surface area contributed by atoms with Gasteiger partial charge in [0.05, 0.1) is 55.7 Å². The van der Waals surface area contributed by atoms with E-state index in [1.165, 1.54) is 0 Å². The van der Waals surface area contributed by atoms with Crippen LogP contribution in [0, 0.1) is 11.3 Å². The van der Waals surface area contributed by atoms with Gasteiger partial charge in [-0.15, -0.1) is 0 Å². The molecule has 0 aliphatic carbocycles. The van der Waals surface area contributed by atoms with Crippen LogP contribution in [0.2, 0.25) is 5.02 Å². The Morgan fingerprint density at radius 1 is 1.23 bits per heavy atom. The molecule has 0 radical (unpaired) electrons. The molecule has 0 saturated carbocycles. The fourth-order valence-corrected chi connectivity index (χ4v) is 3.36. The Hall–Kier alpha value is -2.55. The van der Waals surface area contributed by atoms with Crippen LogP contribution in [0.15, 0.2) is 42.5 Å². The molecule has 134 valence electrons. The number of amides is 1. The Morgan fingerprint density at radius 2 is 1.92 bits per heavy atom. The van der Waals surface area contributed by atoms with E-state index < -0.39 is 0 Å². The number of quaternary nitrogens is 1. The maximum atomic E-state index is 12.6. The predicted molar refractivity (Wildman–Crippen MR) is 104 cm³/mol. The van der Waals surface area contributed by atoms with Crippen LogP contribution in [0.5, 0.6) is 0 Å². The summed E-state index contributed by atoms with van der Waals surface area (Å²) in [7, 11) is 0. The molecule has 0 spiro atoms. The summed E-state index contributed by atoms with van der Waals surface area (Å²) in [6.07, 6.45) is 0. The molecule has 0 bridgehead atoms. The summed E-state index contributed by atoms with van der Waals surface area (Å²) in [4.78, 5) is 16.5. The van der Waals surface area contributed by atoms with Crippen molar-refractivity contribution in [2.75, 3.05) is 42.9 Å². The fourth-order valence-electron chi connectivity index (χ4n) is 3.19. The highest BCUT2D eigenvalue weighted by Gasteiger charge is 2.21. The highest BCUT2D eigenvalue weighted by Crippen LogP contribution is 2.29. The molecule has 6 heteroatoms. The van der Waals surface area contributed by atoms with Crippen molar-refractivity contribution < 1.29 is 9.69 Å². The lowest BCUT2D eigenvalue weighted by atomic mass is 10.1. The average molecular weight is 370 g/mol. The van der Waals surface area contributed by atoms with Gasteiger partial charge in [0.25, 0.3) is 5.91 Å². The highest BCUT2D eigenvalue weighted by molar-refractivity contribution is 6.31. The molecule has 1 saturated heterocycles. The topological polar surface area (TPSA) is 60.6 Å². The first-order valence-corrected chi connectivity index (χ1v) is 9.18. The molecular formula is C20H22ClN4O+. The third-order valence-electron chi connectivity index (χ3n) is 4.79. The van der Waals surface area contributed by atoms with Crippen molar-refractivity contribution in [1.29, 1.82) is 5.26 Å². The van der Waals surface area contributed by atoms with E-state index in [9.17, 15) is 4.79 Å². The summed E-state index contributed by atoms with van der Waals surface area (Å²) < 4.78 is 0. The largest absolute Gasteiger partial charge is 0.359 e. The molecule has 2 N–H and O–H groups in total. The Balaban J connectivity index is 1.79. The normalized spacial score (nSPS) is 14.7. The van der Waals surface area contributed by atoms with Crippen molar-refractivity contribution in [2.24, 2.45) is 0 Å². The molecule has 3 rings (SSSR count). The molecule has 1 aliphatic heterocycles. The zero-order valence-corrected chi connectivity index (χ0v) is 15.5. The number of nitrogens with zero attached hydrogens (tertiary/aromatic N) is 2. The molecule has 2 aromatic carbocycles.